The van der Waals surface area contributed by atoms with Crippen LogP contribution in [0.25, 0.3) is 0 Å². The van der Waals surface area contributed by atoms with Crippen molar-refractivity contribution in [1.29, 1.82) is 0 Å². The van der Waals surface area contributed by atoms with Gasteiger partial charge in [-0.25, -0.2) is 14.4 Å². The number of carbonyl (C=O) groups is 5. The smallest absolute Gasteiger partial charge is 0.339 e. The van der Waals surface area contributed by atoms with Crippen LogP contribution in [0.15, 0.2) is 35.9 Å². The summed E-state index contributed by atoms with van der Waals surface area (Å²) < 4.78 is 5.55. The van der Waals surface area contributed by atoms with E-state index in [0.717, 1.165) is 18.4 Å². The number of aliphatic hydroxyl groups is 1. The van der Waals surface area contributed by atoms with E-state index in [1.807, 2.05) is 145 Å². The second-order valence-electron chi connectivity index (χ2n) is 29.6. The van der Waals surface area contributed by atoms with Gasteiger partial charge < -0.3 is 56.3 Å². The number of hydrogen-bond donors (Lipinski definition) is 10. The molecule has 80 heavy (non-hydrogen) atoms. The van der Waals surface area contributed by atoms with Crippen molar-refractivity contribution in [2.24, 2.45) is 11.8 Å². The Morgan fingerprint density at radius 1 is 0.487 bits per heavy atom. The first-order chi connectivity index (χ1) is 35.6. The largest absolute Gasteiger partial charge is 0.481 e. The highest BCUT2D eigenvalue weighted by atomic mass is 16.6. The summed E-state index contributed by atoms with van der Waals surface area (Å²) in [5.41, 5.74) is -4.08. The molecular weight excluding hydrogens is 1030 g/mol. The van der Waals surface area contributed by atoms with Crippen LogP contribution in [0.4, 0.5) is 0 Å². The maximum absolute atomic E-state index is 12.4. The average molecular weight is 1140 g/mol. The molecule has 0 bridgehead atoms. The fraction of sp³-hybridized carbons (Fsp3) is 0.780. The summed E-state index contributed by atoms with van der Waals surface area (Å²) in [6.07, 6.45) is 6.78. The van der Waals surface area contributed by atoms with Gasteiger partial charge in [0.15, 0.2) is 0 Å². The Labute approximate surface area is 476 Å². The van der Waals surface area contributed by atoms with Gasteiger partial charge in [-0.05, 0) is 215 Å². The van der Waals surface area contributed by atoms with Gasteiger partial charge in [-0.15, -0.1) is 0 Å². The molecule has 5 fully saturated rings. The van der Waals surface area contributed by atoms with E-state index in [9.17, 15) is 60.2 Å². The van der Waals surface area contributed by atoms with Crippen LogP contribution in [0.2, 0.25) is 0 Å². The van der Waals surface area contributed by atoms with Gasteiger partial charge in [-0.1, -0.05) is 17.7 Å². The van der Waals surface area contributed by atoms with E-state index in [-0.39, 0.29) is 51.5 Å². The lowest BCUT2D eigenvalue weighted by molar-refractivity contribution is -0.272. The normalized spacial score (nSPS) is 25.6. The highest BCUT2D eigenvalue weighted by Crippen LogP contribution is 2.44. The van der Waals surface area contributed by atoms with Crippen LogP contribution >= 0.6 is 0 Å². The SMILES string of the molecule is CC1(C)CC(=CC(=O)O)CC(C)(C)N1O.CC1(C)CC(C(=O)O)CC(C)(C)N1O.CC1(C)CC(CC(=O)O)CC(C)(C)N1O.CC1(C)CC(OC(=O)c2ccccc2C(=O)O)CC(C)(C)N1O.CC1(O)CC(C)(C)N(O)C(C)(C)C1. The molecule has 1 aromatic carbocycles. The Hall–Kier alpha value is -4.13. The minimum absolute atomic E-state index is 0.0436. The minimum Gasteiger partial charge on any atom is -0.481 e. The molecule has 5 heterocycles. The third-order valence-electron chi connectivity index (χ3n) is 16.0. The molecule has 0 radical (unpaired) electrons. The van der Waals surface area contributed by atoms with Crippen LogP contribution < -0.4 is 0 Å². The highest BCUT2D eigenvalue weighted by Gasteiger charge is 2.51. The fourth-order valence-electron chi connectivity index (χ4n) is 14.0. The van der Waals surface area contributed by atoms with Crippen LogP contribution in [0.1, 0.15) is 237 Å². The van der Waals surface area contributed by atoms with Gasteiger partial charge >= 0.3 is 29.8 Å². The molecule has 21 nitrogen and oxygen atoms in total. The van der Waals surface area contributed by atoms with Gasteiger partial charge in [0.25, 0.3) is 0 Å². The number of piperidine rings is 5. The van der Waals surface area contributed by atoms with E-state index in [0.29, 0.717) is 51.4 Å². The van der Waals surface area contributed by atoms with Crippen LogP contribution in [0.3, 0.4) is 0 Å². The van der Waals surface area contributed by atoms with E-state index in [4.69, 9.17) is 20.1 Å². The molecule has 0 atom stereocenters. The minimum atomic E-state index is -1.16. The first-order valence-corrected chi connectivity index (χ1v) is 27.7. The summed E-state index contributed by atoms with van der Waals surface area (Å²) in [6, 6.07) is 6.00. The van der Waals surface area contributed by atoms with E-state index in [1.165, 1.54) is 43.5 Å². The second kappa shape index (κ2) is 25.4. The number of carboxylic acids is 4. The van der Waals surface area contributed by atoms with Crippen molar-refractivity contribution in [2.45, 2.75) is 283 Å². The molecule has 0 saturated carbocycles. The van der Waals surface area contributed by atoms with Gasteiger partial charge in [-0.3, -0.25) is 9.59 Å². The Balaban J connectivity index is 0.000000348. The number of rotatable bonds is 7. The first-order valence-electron chi connectivity index (χ1n) is 27.7. The van der Waals surface area contributed by atoms with E-state index >= 15 is 0 Å². The lowest BCUT2D eigenvalue weighted by atomic mass is 9.73. The summed E-state index contributed by atoms with van der Waals surface area (Å²) >= 11 is 0. The lowest BCUT2D eigenvalue weighted by Crippen LogP contribution is -2.63. The number of hydrogen-bond acceptors (Lipinski definition) is 17. The van der Waals surface area contributed by atoms with Crippen molar-refractivity contribution < 1.29 is 80.3 Å². The number of esters is 1. The Morgan fingerprint density at radius 3 is 1.15 bits per heavy atom. The molecular formula is C59H103N5O16. The maximum Gasteiger partial charge on any atom is 0.339 e. The first kappa shape index (κ1) is 72.0. The molecule has 21 heteroatoms. The number of carboxylic acid groups (broad SMARTS) is 4. The number of carbonyl (C=O) groups excluding carboxylic acids is 1. The van der Waals surface area contributed by atoms with Gasteiger partial charge in [0.05, 0.1) is 22.6 Å². The molecule has 5 saturated heterocycles. The van der Waals surface area contributed by atoms with Crippen molar-refractivity contribution in [3.63, 3.8) is 0 Å². The van der Waals surface area contributed by atoms with E-state index in [1.54, 1.807) is 12.1 Å². The number of aliphatic carboxylic acids is 3. The zero-order valence-electron chi connectivity index (χ0n) is 52.1. The van der Waals surface area contributed by atoms with Crippen LogP contribution in [0, 0.1) is 11.8 Å². The lowest BCUT2D eigenvalue weighted by Gasteiger charge is -2.53. The quantitative estimate of drug-likeness (QED) is 0.0896. The standard InChI is InChI=1S/C17H23NO5.C11H21NO3.C11H19NO3.C10H19NO3.C10H21NO2/c1-16(2)9-11(10-17(3,4)18(16)22)23-15(21)13-8-6-5-7-12(13)14(19)20;2*1-10(2)6-8(5-9(13)14)7-11(3,4)12(10)15;1-9(2)5-7(8(12)13)6-10(3,4)11(9)14;1-8(2)6-10(5,12)7-9(3,4)11(8)13/h5-8,11,22H,9-10H2,1-4H3,(H,19,20);8,15H,5-7H2,1-4H3,(H,13,14);5,15H,6-7H2,1-4H3,(H,13,14);7,14H,5-6H2,1-4H3,(H,12,13);12-13H,6-7H2,1-5H3. The predicted molar refractivity (Wildman–Crippen MR) is 301 cm³/mol. The summed E-state index contributed by atoms with van der Waals surface area (Å²) in [7, 11) is 0. The van der Waals surface area contributed by atoms with Gasteiger partial charge in [-0.2, -0.15) is 25.3 Å². The molecule has 0 spiro atoms. The van der Waals surface area contributed by atoms with Crippen molar-refractivity contribution in [3.05, 3.63) is 47.0 Å². The summed E-state index contributed by atoms with van der Waals surface area (Å²) in [5, 5.41) is 102. The van der Waals surface area contributed by atoms with Crippen molar-refractivity contribution in [3.8, 4) is 0 Å². The van der Waals surface area contributed by atoms with Gasteiger partial charge in [0.1, 0.15) is 6.10 Å². The maximum atomic E-state index is 12.4. The second-order valence-corrected chi connectivity index (χ2v) is 29.6. The van der Waals surface area contributed by atoms with Crippen LogP contribution in [-0.4, -0.2) is 174 Å². The summed E-state index contributed by atoms with van der Waals surface area (Å²) in [5.74, 6) is -4.45. The number of hydroxylamine groups is 10. The number of ether oxygens (including phenoxy) is 1. The molecule has 0 amide bonds. The number of benzene rings is 1. The fourth-order valence-corrected chi connectivity index (χ4v) is 14.0. The molecule has 10 N–H and O–H groups in total. The molecule has 1 aromatic rings. The molecule has 0 unspecified atom stereocenters. The number of aromatic carboxylic acids is 1. The summed E-state index contributed by atoms with van der Waals surface area (Å²) in [6.45, 7) is 40.0. The zero-order chi connectivity index (χ0) is 62.8. The monoisotopic (exact) mass is 1140 g/mol. The Morgan fingerprint density at radius 2 is 0.812 bits per heavy atom. The van der Waals surface area contributed by atoms with Crippen molar-refractivity contribution in [2.75, 3.05) is 0 Å². The van der Waals surface area contributed by atoms with Crippen molar-refractivity contribution >= 4 is 29.8 Å². The van der Waals surface area contributed by atoms with Gasteiger partial charge in [0, 0.05) is 80.7 Å². The molecule has 0 aromatic heterocycles. The summed E-state index contributed by atoms with van der Waals surface area (Å²) in [4.78, 5) is 55.9. The Bertz CT molecular complexity index is 2280. The van der Waals surface area contributed by atoms with Crippen LogP contribution in [-0.2, 0) is 19.1 Å². The highest BCUT2D eigenvalue weighted by molar-refractivity contribution is 6.02. The molecule has 6 rings (SSSR count). The molecule has 5 aliphatic rings. The van der Waals surface area contributed by atoms with Crippen LogP contribution in [0.5, 0.6) is 0 Å². The molecule has 5 aliphatic heterocycles. The van der Waals surface area contributed by atoms with E-state index < -0.39 is 74.8 Å². The van der Waals surface area contributed by atoms with E-state index in [2.05, 4.69) is 0 Å². The molecule has 0 aliphatic carbocycles. The number of nitrogens with zero attached hydrogens (tertiary/aromatic N) is 5. The predicted octanol–water partition coefficient (Wildman–Crippen LogP) is 10.6. The topological polar surface area (TPSA) is 313 Å². The third-order valence-corrected chi connectivity index (χ3v) is 16.0. The average Bonchev–Trinajstić information content (AvgIpc) is 3.24. The third kappa shape index (κ3) is 19.2. The van der Waals surface area contributed by atoms with Crippen molar-refractivity contribution in [1.82, 2.24) is 25.3 Å². The molecule has 460 valence electrons. The zero-order valence-corrected chi connectivity index (χ0v) is 52.1. The van der Waals surface area contributed by atoms with Gasteiger partial charge in [0.2, 0.25) is 0 Å². The Kier molecular flexibility index (Phi) is 22.8.